The second-order valence-corrected chi connectivity index (χ2v) is 16.7. The highest BCUT2D eigenvalue weighted by Gasteiger charge is 2.43. The monoisotopic (exact) mass is 922 g/mol. The summed E-state index contributed by atoms with van der Waals surface area (Å²) in [6, 6.07) is 0.904. The number of carboxylic acid groups (broad SMARTS) is 1. The lowest BCUT2D eigenvalue weighted by molar-refractivity contribution is -0.137. The number of nitrogens with one attached hydrogen (secondary N) is 4. The summed E-state index contributed by atoms with van der Waals surface area (Å²) in [5.41, 5.74) is 21.3. The minimum Gasteiger partial charge on any atom is -0.481 e. The molecule has 0 spiro atoms. The fourth-order valence-electron chi connectivity index (χ4n) is 6.54. The van der Waals surface area contributed by atoms with E-state index in [4.69, 9.17) is 50.3 Å². The third-order valence-corrected chi connectivity index (χ3v) is 12.5. The Hall–Kier alpha value is -3.32. The maximum absolute atomic E-state index is 12.0. The van der Waals surface area contributed by atoms with Crippen LogP contribution in [-0.2, 0) is 38.0 Å². The summed E-state index contributed by atoms with van der Waals surface area (Å²) >= 11 is 3.79. The zero-order valence-electron chi connectivity index (χ0n) is 35.9. The van der Waals surface area contributed by atoms with Gasteiger partial charge in [-0.1, -0.05) is 23.1 Å². The molecule has 62 heavy (non-hydrogen) atoms. The molecule has 4 aliphatic heterocycles. The highest BCUT2D eigenvalue weighted by molar-refractivity contribution is 8.00. The Labute approximate surface area is 372 Å². The average Bonchev–Trinajstić information content (AvgIpc) is 4.01. The molecule has 0 aromatic carbocycles. The number of carbonyl (C=O) groups excluding carboxylic acids is 3. The summed E-state index contributed by atoms with van der Waals surface area (Å²) in [5.74, 6) is 1.51. The van der Waals surface area contributed by atoms with Crippen LogP contribution in [0.1, 0.15) is 64.2 Å². The first-order valence-electron chi connectivity index (χ1n) is 21.1. The van der Waals surface area contributed by atoms with Gasteiger partial charge in [0.25, 0.3) is 0 Å². The van der Waals surface area contributed by atoms with Crippen molar-refractivity contribution in [2.75, 3.05) is 110 Å². The number of fused-ring (bicyclic) bond motifs is 2. The molecule has 4 rings (SSSR count). The Bertz CT molecular complexity index is 1340. The fourth-order valence-corrected chi connectivity index (χ4v) is 9.63. The van der Waals surface area contributed by atoms with Crippen LogP contribution in [0.4, 0.5) is 9.59 Å². The predicted octanol–water partition coefficient (Wildman–Crippen LogP) is 3.69. The van der Waals surface area contributed by atoms with E-state index in [1.807, 2.05) is 23.5 Å². The van der Waals surface area contributed by atoms with Gasteiger partial charge in [0.15, 0.2) is 0 Å². The third-order valence-electron chi connectivity index (χ3n) is 9.49. The first-order chi connectivity index (χ1) is 29.8. The molecule has 0 unspecified atom stereocenters. The van der Waals surface area contributed by atoms with Gasteiger partial charge in [0.2, 0.25) is 0 Å². The van der Waals surface area contributed by atoms with Crippen LogP contribution in [0.3, 0.4) is 0 Å². The van der Waals surface area contributed by atoms with Crippen LogP contribution in [0, 0.1) is 0 Å². The molecule has 4 heterocycles. The molecule has 4 saturated heterocycles. The van der Waals surface area contributed by atoms with Crippen molar-refractivity contribution in [3.05, 3.63) is 20.9 Å². The molecule has 0 aromatic rings. The smallest absolute Gasteiger partial charge is 0.315 e. The Kier molecular flexibility index (Phi) is 34.9. The topological polar surface area (TPSA) is 351 Å². The Morgan fingerprint density at radius 2 is 1.02 bits per heavy atom. The second kappa shape index (κ2) is 38.2. The number of thioether (sulfide) groups is 2. The first-order valence-corrected chi connectivity index (χ1v) is 23.2. The van der Waals surface area contributed by atoms with Crippen LogP contribution in [0.2, 0.25) is 0 Å². The van der Waals surface area contributed by atoms with E-state index in [2.05, 4.69) is 41.3 Å². The molecule has 356 valence electrons. The van der Waals surface area contributed by atoms with Crippen LogP contribution in [0.25, 0.3) is 20.9 Å². The summed E-state index contributed by atoms with van der Waals surface area (Å²) in [6.07, 6.45) is 7.77. The zero-order chi connectivity index (χ0) is 44.2. The van der Waals surface area contributed by atoms with E-state index in [1.165, 1.54) is 0 Å². The molecule has 0 saturated carbocycles. The summed E-state index contributed by atoms with van der Waals surface area (Å²) in [7, 11) is 0. The van der Waals surface area contributed by atoms with Crippen molar-refractivity contribution in [2.45, 2.75) is 98.9 Å². The van der Waals surface area contributed by atoms with Crippen molar-refractivity contribution in [1.29, 1.82) is 0 Å². The van der Waals surface area contributed by atoms with Crippen molar-refractivity contribution < 1.29 is 52.7 Å². The number of nitrogens with two attached hydrogens (primary N) is 1. The van der Waals surface area contributed by atoms with Crippen molar-refractivity contribution >= 4 is 47.3 Å². The van der Waals surface area contributed by atoms with E-state index < -0.39 is 5.97 Å². The Balaban J connectivity index is 0.000000507. The van der Waals surface area contributed by atoms with E-state index in [0.29, 0.717) is 128 Å². The molecule has 4 fully saturated rings. The van der Waals surface area contributed by atoms with Gasteiger partial charge >= 0.3 is 18.0 Å². The van der Waals surface area contributed by atoms with Gasteiger partial charge in [0, 0.05) is 77.3 Å². The number of Topliss-reactive ketones (excluding diaryl/α,β-unsaturated/α-hetero) is 1. The van der Waals surface area contributed by atoms with Crippen LogP contribution in [-0.4, -0.2) is 174 Å². The number of urea groups is 2. The lowest BCUT2D eigenvalue weighted by Gasteiger charge is -2.16. The zero-order valence-corrected chi connectivity index (χ0v) is 37.5. The summed E-state index contributed by atoms with van der Waals surface area (Å²) in [5, 5.41) is 27.9. The SMILES string of the molecule is N.O=C(O)CCCC[C@H]1SC[C@H]2NC(=O)N[C@H]21.[N-]=[N+]=NCCOCCOCCOCCCC(=O)CCCC[C@H]1SC[C@H]2NC(=O)N[C@H]21.[N-]=[N+]=NCCOCCOCCOCCN. The molecule has 10 N–H and O–H groups in total. The largest absolute Gasteiger partial charge is 0.481 e. The van der Waals surface area contributed by atoms with E-state index in [0.717, 1.165) is 56.5 Å². The molecule has 6 atom stereocenters. The van der Waals surface area contributed by atoms with E-state index in [9.17, 15) is 19.2 Å². The molecular weight excluding hydrogens is 853 g/mol. The number of ketones is 1. The van der Waals surface area contributed by atoms with Crippen LogP contribution < -0.4 is 33.2 Å². The van der Waals surface area contributed by atoms with E-state index >= 15 is 0 Å². The van der Waals surface area contributed by atoms with Crippen molar-refractivity contribution in [1.82, 2.24) is 27.4 Å². The van der Waals surface area contributed by atoms with Crippen molar-refractivity contribution in [3.8, 4) is 0 Å². The molecule has 23 nitrogen and oxygen atoms in total. The number of rotatable bonds is 34. The number of hydrogen-bond acceptors (Lipinski definition) is 16. The number of amides is 4. The van der Waals surface area contributed by atoms with Gasteiger partial charge < -0.3 is 66.7 Å². The number of carboxylic acids is 1. The maximum atomic E-state index is 12.0. The van der Waals surface area contributed by atoms with Gasteiger partial charge in [0.1, 0.15) is 5.78 Å². The van der Waals surface area contributed by atoms with Crippen LogP contribution >= 0.6 is 23.5 Å². The minimum atomic E-state index is -0.729. The predicted molar refractivity (Wildman–Crippen MR) is 237 cm³/mol. The Morgan fingerprint density at radius 1 is 0.613 bits per heavy atom. The van der Waals surface area contributed by atoms with Gasteiger partial charge in [-0.25, -0.2) is 9.59 Å². The standard InChI is InChI=1S/C19H33N5O5S.C10H16N2O3S.C8H18N4O3.H3N/c20-24-21-7-9-28-11-13-29-12-10-27-8-3-5-15(25)4-1-2-6-17-18-16(14-30-17)22-19(26)23-18;13-8(14)4-2-1-3-7-9-6(5-16-7)11-10(15)12-9;9-1-3-13-5-7-15-8-6-14-4-2-11-12-10;/h16-18H,1-14H2,(H2,22,23,26);6-7,9H,1-5H2,(H,13,14)(H2,11,12,15);1-9H2;1H3/t16-,17-,18-;6-,7-,9-;;/m11../s1. The number of hydrogen-bond donors (Lipinski definition) is 7. The molecule has 0 bridgehead atoms. The highest BCUT2D eigenvalue weighted by Crippen LogP contribution is 2.34. The fraction of sp³-hybridized carbons (Fsp3) is 0.892. The lowest BCUT2D eigenvalue weighted by atomic mass is 10.0. The van der Waals surface area contributed by atoms with E-state index in [-0.39, 0.29) is 48.8 Å². The highest BCUT2D eigenvalue weighted by atomic mass is 32.2. The number of nitrogens with zero attached hydrogens (tertiary/aromatic N) is 6. The number of carbonyl (C=O) groups is 4. The van der Waals surface area contributed by atoms with Crippen LogP contribution in [0.15, 0.2) is 10.2 Å². The molecule has 4 aliphatic rings. The quantitative estimate of drug-likeness (QED) is 0.0159. The summed E-state index contributed by atoms with van der Waals surface area (Å²) < 4.78 is 31.4. The normalized spacial score (nSPS) is 21.4. The van der Waals surface area contributed by atoms with Gasteiger partial charge in [-0.3, -0.25) is 9.59 Å². The van der Waals surface area contributed by atoms with Crippen molar-refractivity contribution in [3.63, 3.8) is 0 Å². The first kappa shape index (κ1) is 56.7. The molecule has 0 aromatic heterocycles. The average molecular weight is 923 g/mol. The third kappa shape index (κ3) is 27.7. The van der Waals surface area contributed by atoms with E-state index in [1.54, 1.807) is 0 Å². The van der Waals surface area contributed by atoms with Gasteiger partial charge in [-0.05, 0) is 43.2 Å². The van der Waals surface area contributed by atoms with Gasteiger partial charge in [0.05, 0.1) is 96.8 Å². The molecule has 25 heteroatoms. The minimum absolute atomic E-state index is 0. The van der Waals surface area contributed by atoms with Gasteiger partial charge in [-0.15, -0.1) is 0 Å². The molecular formula is C37H70N12O11S2. The van der Waals surface area contributed by atoms with Gasteiger partial charge in [-0.2, -0.15) is 23.5 Å². The molecule has 0 radical (unpaired) electrons. The maximum Gasteiger partial charge on any atom is 0.315 e. The van der Waals surface area contributed by atoms with Crippen molar-refractivity contribution in [2.24, 2.45) is 16.0 Å². The summed E-state index contributed by atoms with van der Waals surface area (Å²) in [6.45, 7) is 7.20. The number of aliphatic carboxylic acids is 1. The number of azide groups is 2. The number of ether oxygens (including phenoxy) is 6. The lowest BCUT2D eigenvalue weighted by Crippen LogP contribution is -2.36. The Morgan fingerprint density at radius 3 is 1.45 bits per heavy atom. The summed E-state index contributed by atoms with van der Waals surface area (Å²) in [4.78, 5) is 50.0. The number of unbranched alkanes of at least 4 members (excludes halogenated alkanes) is 2. The second-order valence-electron chi connectivity index (χ2n) is 14.1. The molecule has 0 aliphatic carbocycles. The van der Waals surface area contributed by atoms with Crippen LogP contribution in [0.5, 0.6) is 0 Å². The molecule has 4 amide bonds.